The monoisotopic (exact) mass is 417 g/mol. The van der Waals surface area contributed by atoms with Crippen LogP contribution in [0.4, 0.5) is 5.69 Å². The lowest BCUT2D eigenvalue weighted by Gasteiger charge is -2.16. The predicted octanol–water partition coefficient (Wildman–Crippen LogP) is 3.44. The number of amides is 1. The fourth-order valence-electron chi connectivity index (χ4n) is 3.03. The molecule has 0 bridgehead atoms. The fourth-order valence-corrected chi connectivity index (χ4v) is 3.37. The maximum absolute atomic E-state index is 12.6. The number of halogens is 1. The zero-order valence-electron chi connectivity index (χ0n) is 14.7. The van der Waals surface area contributed by atoms with E-state index in [0.29, 0.717) is 34.6 Å². The SMILES string of the molecule is Nc1cc(OCc2ccccc2)c(C(=O)NCCN2CCCC2)cc1Br. The zero-order chi connectivity index (χ0) is 18.4. The molecule has 0 aliphatic carbocycles. The minimum absolute atomic E-state index is 0.145. The van der Waals surface area contributed by atoms with Gasteiger partial charge in [0.05, 0.1) is 5.56 Å². The number of nitrogens with zero attached hydrogens (tertiary/aromatic N) is 1. The maximum atomic E-state index is 12.6. The summed E-state index contributed by atoms with van der Waals surface area (Å²) in [5.41, 5.74) is 8.05. The number of likely N-dealkylation sites (tertiary alicyclic amines) is 1. The molecule has 3 rings (SSSR count). The largest absolute Gasteiger partial charge is 0.488 e. The number of nitrogens with one attached hydrogen (secondary N) is 1. The Labute approximate surface area is 162 Å². The molecule has 3 N–H and O–H groups in total. The van der Waals surface area contributed by atoms with Gasteiger partial charge in [-0.05, 0) is 53.5 Å². The molecule has 0 spiro atoms. The molecule has 5 nitrogen and oxygen atoms in total. The molecule has 138 valence electrons. The summed E-state index contributed by atoms with van der Waals surface area (Å²) in [6, 6.07) is 13.3. The van der Waals surface area contributed by atoms with Crippen LogP contribution in [0.15, 0.2) is 46.9 Å². The number of anilines is 1. The van der Waals surface area contributed by atoms with E-state index in [9.17, 15) is 4.79 Å². The highest BCUT2D eigenvalue weighted by molar-refractivity contribution is 9.10. The molecular formula is C20H24BrN3O2. The lowest BCUT2D eigenvalue weighted by molar-refractivity contribution is 0.0945. The third-order valence-corrected chi connectivity index (χ3v) is 5.18. The Morgan fingerprint density at radius 1 is 1.19 bits per heavy atom. The van der Waals surface area contributed by atoms with Gasteiger partial charge in [0.25, 0.3) is 5.91 Å². The zero-order valence-corrected chi connectivity index (χ0v) is 16.3. The summed E-state index contributed by atoms with van der Waals surface area (Å²) < 4.78 is 6.58. The molecule has 1 aliphatic heterocycles. The van der Waals surface area contributed by atoms with Gasteiger partial charge in [-0.25, -0.2) is 0 Å². The summed E-state index contributed by atoms with van der Waals surface area (Å²) in [5.74, 6) is 0.348. The molecule has 0 atom stereocenters. The number of hydrogen-bond acceptors (Lipinski definition) is 4. The standard InChI is InChI=1S/C20H24BrN3O2/c21-17-12-16(20(25)23-8-11-24-9-4-5-10-24)19(13-18(17)22)26-14-15-6-2-1-3-7-15/h1-3,6-7,12-13H,4-5,8-11,14,22H2,(H,23,25). The molecule has 2 aromatic carbocycles. The molecule has 0 aromatic heterocycles. The van der Waals surface area contributed by atoms with Gasteiger partial charge in [-0.15, -0.1) is 0 Å². The van der Waals surface area contributed by atoms with Crippen molar-refractivity contribution in [3.05, 3.63) is 58.1 Å². The van der Waals surface area contributed by atoms with Crippen LogP contribution in [-0.2, 0) is 6.61 Å². The van der Waals surface area contributed by atoms with Crippen molar-refractivity contribution in [2.45, 2.75) is 19.4 Å². The van der Waals surface area contributed by atoms with Crippen molar-refractivity contribution in [3.8, 4) is 5.75 Å². The van der Waals surface area contributed by atoms with Crippen LogP contribution in [-0.4, -0.2) is 37.0 Å². The lowest BCUT2D eigenvalue weighted by Crippen LogP contribution is -2.33. The van der Waals surface area contributed by atoms with Crippen LogP contribution < -0.4 is 15.8 Å². The van der Waals surface area contributed by atoms with E-state index in [0.717, 1.165) is 25.2 Å². The molecular weight excluding hydrogens is 394 g/mol. The van der Waals surface area contributed by atoms with Crippen molar-refractivity contribution in [2.24, 2.45) is 0 Å². The van der Waals surface area contributed by atoms with Gasteiger partial charge in [0.2, 0.25) is 0 Å². The Bertz CT molecular complexity index is 746. The van der Waals surface area contributed by atoms with Gasteiger partial charge in [0.1, 0.15) is 12.4 Å². The summed E-state index contributed by atoms with van der Waals surface area (Å²) in [7, 11) is 0. The summed E-state index contributed by atoms with van der Waals surface area (Å²) in [4.78, 5) is 15.0. The van der Waals surface area contributed by atoms with Gasteiger partial charge in [-0.3, -0.25) is 4.79 Å². The summed E-state index contributed by atoms with van der Waals surface area (Å²) in [5, 5.41) is 2.99. The van der Waals surface area contributed by atoms with Crippen molar-refractivity contribution < 1.29 is 9.53 Å². The normalized spacial score (nSPS) is 14.3. The molecule has 26 heavy (non-hydrogen) atoms. The molecule has 0 radical (unpaired) electrons. The Hall–Kier alpha value is -2.05. The van der Waals surface area contributed by atoms with Crippen molar-refractivity contribution in [2.75, 3.05) is 31.9 Å². The van der Waals surface area contributed by atoms with E-state index in [1.165, 1.54) is 12.8 Å². The minimum Gasteiger partial charge on any atom is -0.488 e. The second-order valence-electron chi connectivity index (χ2n) is 6.45. The molecule has 1 aliphatic rings. The lowest BCUT2D eigenvalue weighted by atomic mass is 10.1. The van der Waals surface area contributed by atoms with E-state index >= 15 is 0 Å². The van der Waals surface area contributed by atoms with Crippen LogP contribution in [0.25, 0.3) is 0 Å². The number of ether oxygens (including phenoxy) is 1. The summed E-state index contributed by atoms with van der Waals surface area (Å²) in [6.45, 7) is 4.13. The maximum Gasteiger partial charge on any atom is 0.255 e. The minimum atomic E-state index is -0.145. The molecule has 2 aromatic rings. The van der Waals surface area contributed by atoms with Crippen LogP contribution in [0.2, 0.25) is 0 Å². The molecule has 1 amide bonds. The van der Waals surface area contributed by atoms with Crippen LogP contribution in [0, 0.1) is 0 Å². The number of rotatable bonds is 7. The predicted molar refractivity (Wildman–Crippen MR) is 107 cm³/mol. The number of carbonyl (C=O) groups is 1. The summed E-state index contributed by atoms with van der Waals surface area (Å²) >= 11 is 3.40. The van der Waals surface area contributed by atoms with Crippen molar-refractivity contribution in [1.29, 1.82) is 0 Å². The Morgan fingerprint density at radius 3 is 2.65 bits per heavy atom. The van der Waals surface area contributed by atoms with Crippen molar-refractivity contribution in [3.63, 3.8) is 0 Å². The quantitative estimate of drug-likeness (QED) is 0.677. The second-order valence-corrected chi connectivity index (χ2v) is 7.30. The number of nitrogens with two attached hydrogens (primary N) is 1. The second kappa shape index (κ2) is 9.05. The number of hydrogen-bond donors (Lipinski definition) is 2. The van der Waals surface area contributed by atoms with Crippen LogP contribution in [0.1, 0.15) is 28.8 Å². The van der Waals surface area contributed by atoms with E-state index in [4.69, 9.17) is 10.5 Å². The van der Waals surface area contributed by atoms with Gasteiger partial charge in [-0.1, -0.05) is 30.3 Å². The average Bonchev–Trinajstić information content (AvgIpc) is 3.16. The number of nitrogen functional groups attached to an aromatic ring is 1. The van der Waals surface area contributed by atoms with Crippen molar-refractivity contribution >= 4 is 27.5 Å². The van der Waals surface area contributed by atoms with Crippen LogP contribution in [0.3, 0.4) is 0 Å². The molecule has 6 heteroatoms. The van der Waals surface area contributed by atoms with Crippen molar-refractivity contribution in [1.82, 2.24) is 10.2 Å². The molecule has 0 unspecified atom stereocenters. The fraction of sp³-hybridized carbons (Fsp3) is 0.350. The smallest absolute Gasteiger partial charge is 0.255 e. The van der Waals surface area contributed by atoms with E-state index in [1.807, 2.05) is 30.3 Å². The van der Waals surface area contributed by atoms with Crippen LogP contribution in [0.5, 0.6) is 5.75 Å². The Kier molecular flexibility index (Phi) is 6.52. The first kappa shape index (κ1) is 18.7. The van der Waals surface area contributed by atoms with Gasteiger partial charge < -0.3 is 20.7 Å². The Balaban J connectivity index is 1.65. The highest BCUT2D eigenvalue weighted by atomic mass is 79.9. The number of benzene rings is 2. The van der Waals surface area contributed by atoms with Gasteiger partial charge in [0, 0.05) is 29.3 Å². The van der Waals surface area contributed by atoms with E-state index in [2.05, 4.69) is 26.1 Å². The molecule has 1 saturated heterocycles. The third-order valence-electron chi connectivity index (χ3n) is 4.49. The van der Waals surface area contributed by atoms with Gasteiger partial charge in [0.15, 0.2) is 0 Å². The molecule has 1 fully saturated rings. The average molecular weight is 418 g/mol. The Morgan fingerprint density at radius 2 is 1.92 bits per heavy atom. The van der Waals surface area contributed by atoms with E-state index in [1.54, 1.807) is 12.1 Å². The molecule has 0 saturated carbocycles. The topological polar surface area (TPSA) is 67.6 Å². The third kappa shape index (κ3) is 4.99. The van der Waals surface area contributed by atoms with E-state index < -0.39 is 0 Å². The highest BCUT2D eigenvalue weighted by Gasteiger charge is 2.17. The van der Waals surface area contributed by atoms with E-state index in [-0.39, 0.29) is 5.91 Å². The number of carbonyl (C=O) groups excluding carboxylic acids is 1. The summed E-state index contributed by atoms with van der Waals surface area (Å²) in [6.07, 6.45) is 2.49. The first-order valence-corrected chi connectivity index (χ1v) is 9.69. The molecule has 1 heterocycles. The highest BCUT2D eigenvalue weighted by Crippen LogP contribution is 2.30. The first-order valence-electron chi connectivity index (χ1n) is 8.90. The van der Waals surface area contributed by atoms with Crippen LogP contribution >= 0.6 is 15.9 Å². The first-order chi connectivity index (χ1) is 12.6. The van der Waals surface area contributed by atoms with Gasteiger partial charge in [-0.2, -0.15) is 0 Å². The van der Waals surface area contributed by atoms with Gasteiger partial charge >= 0.3 is 0 Å².